The second kappa shape index (κ2) is 7.87. The average Bonchev–Trinajstić information content (AvgIpc) is 3.38. The molecule has 0 aliphatic heterocycles. The van der Waals surface area contributed by atoms with Gasteiger partial charge < -0.3 is 5.32 Å². The van der Waals surface area contributed by atoms with Crippen LogP contribution in [0.25, 0.3) is 22.4 Å². The molecule has 132 valence electrons. The van der Waals surface area contributed by atoms with Gasteiger partial charge in [-0.2, -0.15) is 0 Å². The standard InChI is InChI=1S/C18H14N2O.C3H4F2/c21-13-20-15-9-10-16(14-6-2-1-3-7-14)17(12-15)18-8-4-5-11-19-18;4-3(5)1-2-3/h1-13H,(H,20,21);1-2H2. The zero-order valence-corrected chi connectivity index (χ0v) is 14.0. The minimum absolute atomic E-state index is 0.118. The molecule has 2 aromatic carbocycles. The van der Waals surface area contributed by atoms with Crippen LogP contribution in [0.15, 0.2) is 72.9 Å². The molecule has 1 heterocycles. The molecule has 0 radical (unpaired) electrons. The van der Waals surface area contributed by atoms with Crippen LogP contribution in [0.2, 0.25) is 0 Å². The number of aromatic nitrogens is 1. The van der Waals surface area contributed by atoms with Gasteiger partial charge in [0.2, 0.25) is 12.3 Å². The number of nitrogens with one attached hydrogen (secondary N) is 1. The van der Waals surface area contributed by atoms with Crippen molar-refractivity contribution in [2.75, 3.05) is 5.32 Å². The van der Waals surface area contributed by atoms with Gasteiger partial charge in [0.25, 0.3) is 0 Å². The Morgan fingerprint density at radius 1 is 0.923 bits per heavy atom. The van der Waals surface area contributed by atoms with Crippen LogP contribution in [0.3, 0.4) is 0 Å². The van der Waals surface area contributed by atoms with E-state index in [0.29, 0.717) is 6.41 Å². The molecule has 0 bridgehead atoms. The lowest BCUT2D eigenvalue weighted by molar-refractivity contribution is -0.105. The van der Waals surface area contributed by atoms with Crippen molar-refractivity contribution in [3.8, 4) is 22.4 Å². The number of alkyl halides is 2. The Morgan fingerprint density at radius 3 is 2.19 bits per heavy atom. The first-order valence-corrected chi connectivity index (χ1v) is 8.28. The summed E-state index contributed by atoms with van der Waals surface area (Å²) in [6.07, 6.45) is 2.68. The fourth-order valence-corrected chi connectivity index (χ4v) is 2.40. The van der Waals surface area contributed by atoms with Crippen LogP contribution in [-0.2, 0) is 4.79 Å². The molecule has 1 N–H and O–H groups in total. The molecular weight excluding hydrogens is 334 g/mol. The first kappa shape index (κ1) is 17.7. The van der Waals surface area contributed by atoms with Crippen LogP contribution in [-0.4, -0.2) is 17.3 Å². The monoisotopic (exact) mass is 352 g/mol. The molecule has 1 aliphatic rings. The van der Waals surface area contributed by atoms with E-state index in [1.807, 2.05) is 54.6 Å². The van der Waals surface area contributed by atoms with E-state index in [4.69, 9.17) is 0 Å². The van der Waals surface area contributed by atoms with Crippen molar-refractivity contribution in [3.05, 3.63) is 72.9 Å². The molecular formula is C21H18F2N2O. The zero-order chi connectivity index (χ0) is 18.4. The van der Waals surface area contributed by atoms with Gasteiger partial charge >= 0.3 is 0 Å². The summed E-state index contributed by atoms with van der Waals surface area (Å²) in [4.78, 5) is 15.1. The maximum absolute atomic E-state index is 11.1. The number of pyridine rings is 1. The van der Waals surface area contributed by atoms with Crippen molar-refractivity contribution in [2.45, 2.75) is 18.8 Å². The first-order valence-electron chi connectivity index (χ1n) is 8.28. The third-order valence-corrected chi connectivity index (χ3v) is 3.90. The SMILES string of the molecule is FC1(F)CC1.O=CNc1ccc(-c2ccccc2)c(-c2ccccn2)c1. The maximum Gasteiger partial charge on any atom is 0.248 e. The van der Waals surface area contributed by atoms with Crippen molar-refractivity contribution in [1.82, 2.24) is 4.98 Å². The van der Waals surface area contributed by atoms with Crippen LogP contribution in [0.1, 0.15) is 12.8 Å². The Kier molecular flexibility index (Phi) is 5.37. The molecule has 1 aromatic heterocycles. The minimum atomic E-state index is -2.25. The van der Waals surface area contributed by atoms with Gasteiger partial charge in [-0.25, -0.2) is 8.78 Å². The van der Waals surface area contributed by atoms with Gasteiger partial charge in [-0.1, -0.05) is 42.5 Å². The van der Waals surface area contributed by atoms with Crippen LogP contribution >= 0.6 is 0 Å². The molecule has 0 saturated heterocycles. The van der Waals surface area contributed by atoms with Crippen molar-refractivity contribution >= 4 is 12.1 Å². The molecule has 3 aromatic rings. The summed E-state index contributed by atoms with van der Waals surface area (Å²) in [5.41, 5.74) is 4.84. The highest BCUT2D eigenvalue weighted by molar-refractivity contribution is 5.86. The highest BCUT2D eigenvalue weighted by atomic mass is 19.3. The molecule has 1 aliphatic carbocycles. The van der Waals surface area contributed by atoms with E-state index in [9.17, 15) is 13.6 Å². The predicted octanol–water partition coefficient (Wildman–Crippen LogP) is 5.40. The molecule has 0 unspecified atom stereocenters. The second-order valence-electron chi connectivity index (χ2n) is 5.96. The number of hydrogen-bond acceptors (Lipinski definition) is 2. The molecule has 5 heteroatoms. The first-order chi connectivity index (χ1) is 12.6. The Morgan fingerprint density at radius 2 is 1.62 bits per heavy atom. The Hall–Kier alpha value is -3.08. The van der Waals surface area contributed by atoms with Crippen molar-refractivity contribution in [2.24, 2.45) is 0 Å². The molecule has 0 spiro atoms. The molecule has 26 heavy (non-hydrogen) atoms. The van der Waals surface area contributed by atoms with Crippen LogP contribution < -0.4 is 5.32 Å². The topological polar surface area (TPSA) is 42.0 Å². The Labute approximate surface area is 150 Å². The van der Waals surface area contributed by atoms with Crippen LogP contribution in [0, 0.1) is 0 Å². The minimum Gasteiger partial charge on any atom is -0.329 e. The lowest BCUT2D eigenvalue weighted by atomic mass is 9.96. The maximum atomic E-state index is 11.1. The lowest BCUT2D eigenvalue weighted by Gasteiger charge is -2.11. The molecule has 4 rings (SSSR count). The largest absolute Gasteiger partial charge is 0.329 e. The van der Waals surface area contributed by atoms with Crippen LogP contribution in [0.4, 0.5) is 14.5 Å². The van der Waals surface area contributed by atoms with Gasteiger partial charge in [0.1, 0.15) is 0 Å². The summed E-state index contributed by atoms with van der Waals surface area (Å²) in [7, 11) is 0. The van der Waals surface area contributed by atoms with Crippen LogP contribution in [0.5, 0.6) is 0 Å². The molecule has 3 nitrogen and oxygen atoms in total. The lowest BCUT2D eigenvalue weighted by Crippen LogP contribution is -1.95. The summed E-state index contributed by atoms with van der Waals surface area (Å²) in [6.45, 7) is 0. The number of anilines is 1. The molecule has 1 amide bonds. The summed E-state index contributed by atoms with van der Waals surface area (Å²) in [6, 6.07) is 21.8. The molecule has 1 saturated carbocycles. The van der Waals surface area contributed by atoms with Gasteiger partial charge in [-0.15, -0.1) is 0 Å². The van der Waals surface area contributed by atoms with Gasteiger partial charge in [-0.3, -0.25) is 9.78 Å². The third-order valence-electron chi connectivity index (χ3n) is 3.90. The highest BCUT2D eigenvalue weighted by Gasteiger charge is 2.43. The van der Waals surface area contributed by atoms with Crippen molar-refractivity contribution < 1.29 is 13.6 Å². The number of nitrogens with zero attached hydrogens (tertiary/aromatic N) is 1. The van der Waals surface area contributed by atoms with E-state index in [0.717, 1.165) is 28.1 Å². The smallest absolute Gasteiger partial charge is 0.248 e. The van der Waals surface area contributed by atoms with Crippen molar-refractivity contribution in [3.63, 3.8) is 0 Å². The summed E-state index contributed by atoms with van der Waals surface area (Å²) in [5.74, 6) is -2.25. The number of carbonyl (C=O) groups excluding carboxylic acids is 1. The number of amides is 1. The number of rotatable bonds is 4. The summed E-state index contributed by atoms with van der Waals surface area (Å²) >= 11 is 0. The fourth-order valence-electron chi connectivity index (χ4n) is 2.40. The summed E-state index contributed by atoms with van der Waals surface area (Å²) < 4.78 is 22.3. The van der Waals surface area contributed by atoms with Crippen molar-refractivity contribution in [1.29, 1.82) is 0 Å². The van der Waals surface area contributed by atoms with Gasteiger partial charge in [0.05, 0.1) is 5.69 Å². The Balaban J connectivity index is 0.000000339. The number of halogens is 2. The quantitative estimate of drug-likeness (QED) is 0.639. The summed E-state index contributed by atoms with van der Waals surface area (Å²) in [5, 5.41) is 2.69. The fraction of sp³-hybridized carbons (Fsp3) is 0.143. The number of benzene rings is 2. The van der Waals surface area contributed by atoms with E-state index in [2.05, 4.69) is 22.4 Å². The Bertz CT molecular complexity index is 862. The van der Waals surface area contributed by atoms with E-state index >= 15 is 0 Å². The van der Waals surface area contributed by atoms with Gasteiger partial charge in [-0.05, 0) is 35.4 Å². The molecule has 1 fully saturated rings. The second-order valence-corrected chi connectivity index (χ2v) is 5.96. The van der Waals surface area contributed by atoms with E-state index in [-0.39, 0.29) is 12.8 Å². The number of carbonyl (C=O) groups is 1. The van der Waals surface area contributed by atoms with Gasteiger partial charge in [0.15, 0.2) is 0 Å². The van der Waals surface area contributed by atoms with E-state index in [1.165, 1.54) is 0 Å². The third kappa shape index (κ3) is 4.72. The highest BCUT2D eigenvalue weighted by Crippen LogP contribution is 2.40. The molecule has 0 atom stereocenters. The van der Waals surface area contributed by atoms with E-state index in [1.54, 1.807) is 6.20 Å². The zero-order valence-electron chi connectivity index (χ0n) is 14.0. The normalized spacial score (nSPS) is 13.9. The average molecular weight is 352 g/mol. The van der Waals surface area contributed by atoms with E-state index < -0.39 is 5.92 Å². The predicted molar refractivity (Wildman–Crippen MR) is 99.0 cm³/mol. The van der Waals surface area contributed by atoms with Gasteiger partial charge in [0, 0.05) is 30.3 Å². The number of hydrogen-bond donors (Lipinski definition) is 1.